The van der Waals surface area contributed by atoms with Crippen molar-refractivity contribution in [1.82, 2.24) is 20.1 Å². The SMILES string of the molecule is CCCNC(c1scnc1C)c1c(OC)cnn1CCC. The molecule has 6 heteroatoms. The molecule has 0 bridgehead atoms. The molecule has 2 aromatic rings. The summed E-state index contributed by atoms with van der Waals surface area (Å²) in [7, 11) is 1.70. The third-order valence-corrected chi connectivity index (χ3v) is 4.41. The number of hydrogen-bond donors (Lipinski definition) is 1. The first-order valence-electron chi connectivity index (χ1n) is 7.45. The average Bonchev–Trinajstić information content (AvgIpc) is 3.08. The van der Waals surface area contributed by atoms with Crippen molar-refractivity contribution in [2.24, 2.45) is 0 Å². The number of aryl methyl sites for hydroxylation is 2. The molecular weight excluding hydrogens is 284 g/mol. The van der Waals surface area contributed by atoms with Gasteiger partial charge in [-0.3, -0.25) is 4.68 Å². The van der Waals surface area contributed by atoms with Gasteiger partial charge in [-0.2, -0.15) is 5.10 Å². The van der Waals surface area contributed by atoms with E-state index in [2.05, 4.69) is 36.2 Å². The van der Waals surface area contributed by atoms with Gasteiger partial charge in [0.15, 0.2) is 5.75 Å². The summed E-state index contributed by atoms with van der Waals surface area (Å²) in [6.45, 7) is 8.22. The molecule has 0 aromatic carbocycles. The standard InChI is InChI=1S/C15H24N4OS/c1-5-7-16-13(15-11(3)17-10-21-15)14-12(20-4)9-18-19(14)8-6-2/h9-10,13,16H,5-8H2,1-4H3. The Balaban J connectivity index is 2.45. The molecule has 1 atom stereocenters. The fraction of sp³-hybridized carbons (Fsp3) is 0.600. The van der Waals surface area contributed by atoms with Gasteiger partial charge in [-0.25, -0.2) is 4.98 Å². The topological polar surface area (TPSA) is 52.0 Å². The second kappa shape index (κ2) is 7.56. The predicted octanol–water partition coefficient (Wildman–Crippen LogP) is 3.16. The number of ether oxygens (including phenoxy) is 1. The molecule has 0 spiro atoms. The molecular formula is C15H24N4OS. The van der Waals surface area contributed by atoms with Gasteiger partial charge in [-0.1, -0.05) is 13.8 Å². The van der Waals surface area contributed by atoms with Crippen LogP contribution < -0.4 is 10.1 Å². The summed E-state index contributed by atoms with van der Waals surface area (Å²) >= 11 is 1.68. The number of thiazole rings is 1. The van der Waals surface area contributed by atoms with Crippen molar-refractivity contribution in [1.29, 1.82) is 0 Å². The summed E-state index contributed by atoms with van der Waals surface area (Å²) in [4.78, 5) is 5.63. The Morgan fingerprint density at radius 2 is 2.19 bits per heavy atom. The lowest BCUT2D eigenvalue weighted by atomic mass is 10.1. The molecule has 0 amide bonds. The molecule has 2 heterocycles. The zero-order valence-electron chi connectivity index (χ0n) is 13.2. The monoisotopic (exact) mass is 308 g/mol. The quantitative estimate of drug-likeness (QED) is 0.814. The summed E-state index contributed by atoms with van der Waals surface area (Å²) in [5.74, 6) is 0.838. The zero-order chi connectivity index (χ0) is 15.2. The number of methoxy groups -OCH3 is 1. The molecule has 0 saturated heterocycles. The first-order valence-corrected chi connectivity index (χ1v) is 8.33. The summed E-state index contributed by atoms with van der Waals surface area (Å²) in [5.41, 5.74) is 4.07. The lowest BCUT2D eigenvalue weighted by Gasteiger charge is -2.20. The van der Waals surface area contributed by atoms with E-state index in [1.165, 1.54) is 4.88 Å². The summed E-state index contributed by atoms with van der Waals surface area (Å²) in [6.07, 6.45) is 3.93. The van der Waals surface area contributed by atoms with Crippen LogP contribution in [0.1, 0.15) is 49.0 Å². The van der Waals surface area contributed by atoms with Gasteiger partial charge in [0.2, 0.25) is 0 Å². The minimum atomic E-state index is 0.0847. The van der Waals surface area contributed by atoms with Gasteiger partial charge in [-0.05, 0) is 26.3 Å². The van der Waals surface area contributed by atoms with Crippen LogP contribution in [0.5, 0.6) is 5.75 Å². The Morgan fingerprint density at radius 3 is 2.76 bits per heavy atom. The Bertz CT molecular complexity index is 564. The van der Waals surface area contributed by atoms with E-state index in [1.807, 2.05) is 16.4 Å². The van der Waals surface area contributed by atoms with E-state index in [9.17, 15) is 0 Å². The predicted molar refractivity (Wildman–Crippen MR) is 86.1 cm³/mol. The van der Waals surface area contributed by atoms with E-state index in [-0.39, 0.29) is 6.04 Å². The molecule has 0 aliphatic carbocycles. The van der Waals surface area contributed by atoms with E-state index < -0.39 is 0 Å². The van der Waals surface area contributed by atoms with E-state index >= 15 is 0 Å². The van der Waals surface area contributed by atoms with Gasteiger partial charge in [0.1, 0.15) is 5.69 Å². The first kappa shape index (κ1) is 16.0. The number of hydrogen-bond acceptors (Lipinski definition) is 5. The minimum absolute atomic E-state index is 0.0847. The van der Waals surface area contributed by atoms with Crippen molar-refractivity contribution in [2.75, 3.05) is 13.7 Å². The Hall–Kier alpha value is -1.40. The molecule has 0 fully saturated rings. The molecule has 1 N–H and O–H groups in total. The van der Waals surface area contributed by atoms with Crippen molar-refractivity contribution in [3.05, 3.63) is 28.0 Å². The second-order valence-electron chi connectivity index (χ2n) is 5.01. The van der Waals surface area contributed by atoms with Gasteiger partial charge in [0.05, 0.1) is 35.4 Å². The van der Waals surface area contributed by atoms with Gasteiger partial charge >= 0.3 is 0 Å². The highest BCUT2D eigenvalue weighted by molar-refractivity contribution is 7.09. The van der Waals surface area contributed by atoms with Crippen LogP contribution in [-0.4, -0.2) is 28.4 Å². The van der Waals surface area contributed by atoms with Gasteiger partial charge in [0, 0.05) is 6.54 Å². The molecule has 0 aliphatic heterocycles. The van der Waals surface area contributed by atoms with Crippen LogP contribution >= 0.6 is 11.3 Å². The Morgan fingerprint density at radius 1 is 1.38 bits per heavy atom. The summed E-state index contributed by atoms with van der Waals surface area (Å²) in [6, 6.07) is 0.0847. The van der Waals surface area contributed by atoms with Gasteiger partial charge in [-0.15, -0.1) is 11.3 Å². The van der Waals surface area contributed by atoms with Crippen molar-refractivity contribution in [2.45, 2.75) is 46.2 Å². The number of rotatable bonds is 8. The van der Waals surface area contributed by atoms with Crippen molar-refractivity contribution in [3.8, 4) is 5.75 Å². The highest BCUT2D eigenvalue weighted by Gasteiger charge is 2.25. The van der Waals surface area contributed by atoms with E-state index in [0.29, 0.717) is 0 Å². The Kier molecular flexibility index (Phi) is 5.76. The minimum Gasteiger partial charge on any atom is -0.493 e. The highest BCUT2D eigenvalue weighted by atomic mass is 32.1. The average molecular weight is 308 g/mol. The maximum Gasteiger partial charge on any atom is 0.161 e. The number of aromatic nitrogens is 3. The molecule has 0 aliphatic rings. The van der Waals surface area contributed by atoms with E-state index in [1.54, 1.807) is 18.4 Å². The second-order valence-corrected chi connectivity index (χ2v) is 5.90. The molecule has 2 aromatic heterocycles. The molecule has 0 radical (unpaired) electrons. The molecule has 1 unspecified atom stereocenters. The maximum absolute atomic E-state index is 5.53. The first-order chi connectivity index (χ1) is 10.2. The van der Waals surface area contributed by atoms with Crippen molar-refractivity contribution in [3.63, 3.8) is 0 Å². The molecule has 2 rings (SSSR count). The number of nitrogens with zero attached hydrogens (tertiary/aromatic N) is 3. The van der Waals surface area contributed by atoms with Crippen LogP contribution in [0.15, 0.2) is 11.7 Å². The Labute approximate surface area is 130 Å². The zero-order valence-corrected chi connectivity index (χ0v) is 14.0. The fourth-order valence-corrected chi connectivity index (χ4v) is 3.29. The van der Waals surface area contributed by atoms with E-state index in [0.717, 1.165) is 43.1 Å². The fourth-order valence-electron chi connectivity index (χ4n) is 2.41. The van der Waals surface area contributed by atoms with Crippen LogP contribution in [-0.2, 0) is 6.54 Å². The molecule has 21 heavy (non-hydrogen) atoms. The van der Waals surface area contributed by atoms with Gasteiger partial charge < -0.3 is 10.1 Å². The van der Waals surface area contributed by atoms with Crippen LogP contribution in [0.2, 0.25) is 0 Å². The number of nitrogens with one attached hydrogen (secondary N) is 1. The van der Waals surface area contributed by atoms with Crippen LogP contribution in [0, 0.1) is 6.92 Å². The van der Waals surface area contributed by atoms with Crippen molar-refractivity contribution < 1.29 is 4.74 Å². The van der Waals surface area contributed by atoms with E-state index in [4.69, 9.17) is 4.74 Å². The van der Waals surface area contributed by atoms with Crippen molar-refractivity contribution >= 4 is 11.3 Å². The summed E-state index contributed by atoms with van der Waals surface area (Å²) in [5, 5.41) is 8.10. The molecule has 5 nitrogen and oxygen atoms in total. The van der Waals surface area contributed by atoms with Crippen LogP contribution in [0.3, 0.4) is 0 Å². The highest BCUT2D eigenvalue weighted by Crippen LogP contribution is 2.33. The maximum atomic E-state index is 5.53. The normalized spacial score (nSPS) is 12.6. The molecule has 116 valence electrons. The van der Waals surface area contributed by atoms with Crippen LogP contribution in [0.4, 0.5) is 0 Å². The lowest BCUT2D eigenvalue weighted by molar-refractivity contribution is 0.398. The van der Waals surface area contributed by atoms with Gasteiger partial charge in [0.25, 0.3) is 0 Å². The third-order valence-electron chi connectivity index (χ3n) is 3.42. The smallest absolute Gasteiger partial charge is 0.161 e. The molecule has 0 saturated carbocycles. The summed E-state index contributed by atoms with van der Waals surface area (Å²) < 4.78 is 7.58. The lowest BCUT2D eigenvalue weighted by Crippen LogP contribution is -2.26. The largest absolute Gasteiger partial charge is 0.493 e. The third kappa shape index (κ3) is 3.44. The van der Waals surface area contributed by atoms with Crippen LogP contribution in [0.25, 0.3) is 0 Å².